The minimum atomic E-state index is -0.414. The Balaban J connectivity index is 1.73. The molecule has 0 atom stereocenters. The molecule has 2 heterocycles. The van der Waals surface area contributed by atoms with Gasteiger partial charge in [0, 0.05) is 38.0 Å². The Hall–Kier alpha value is -2.04. The van der Waals surface area contributed by atoms with Crippen molar-refractivity contribution in [2.24, 2.45) is 0 Å². The Bertz CT molecular complexity index is 604. The van der Waals surface area contributed by atoms with Crippen LogP contribution < -0.4 is 10.6 Å². The molecule has 0 radical (unpaired) electrons. The van der Waals surface area contributed by atoms with Crippen LogP contribution in [0.4, 0.5) is 5.69 Å². The molecule has 2 N–H and O–H groups in total. The fourth-order valence-electron chi connectivity index (χ4n) is 3.29. The predicted octanol–water partition coefficient (Wildman–Crippen LogP) is 2.27. The van der Waals surface area contributed by atoms with Crippen LogP contribution in [-0.4, -0.2) is 35.5 Å². The van der Waals surface area contributed by atoms with Crippen LogP contribution in [0.15, 0.2) is 18.2 Å². The van der Waals surface area contributed by atoms with Crippen LogP contribution in [0.1, 0.15) is 48.5 Å². The second-order valence-corrected chi connectivity index (χ2v) is 6.34. The van der Waals surface area contributed by atoms with Crippen molar-refractivity contribution in [1.29, 1.82) is 0 Å². The van der Waals surface area contributed by atoms with Gasteiger partial charge in [0.1, 0.15) is 5.66 Å². The van der Waals surface area contributed by atoms with Crippen molar-refractivity contribution < 1.29 is 9.59 Å². The lowest BCUT2D eigenvalue weighted by Gasteiger charge is -2.46. The van der Waals surface area contributed by atoms with Gasteiger partial charge in [-0.15, -0.1) is 0 Å². The molecule has 0 aromatic heterocycles. The zero-order chi connectivity index (χ0) is 15.7. The van der Waals surface area contributed by atoms with Crippen LogP contribution in [-0.2, 0) is 4.79 Å². The SMILES string of the molecule is CCCC(=O)N1CCC2(CC1)NC(=O)c1cc(C)ccc1N2. The third-order valence-corrected chi connectivity index (χ3v) is 4.58. The molecule has 2 aliphatic rings. The van der Waals surface area contributed by atoms with Crippen LogP contribution in [0.3, 0.4) is 0 Å². The van der Waals surface area contributed by atoms with E-state index in [0.29, 0.717) is 25.1 Å². The number of fused-ring (bicyclic) bond motifs is 1. The van der Waals surface area contributed by atoms with Crippen LogP contribution >= 0.6 is 0 Å². The molecule has 0 aliphatic carbocycles. The van der Waals surface area contributed by atoms with Gasteiger partial charge in [-0.2, -0.15) is 0 Å². The number of carbonyl (C=O) groups excluding carboxylic acids is 2. The van der Waals surface area contributed by atoms with Crippen molar-refractivity contribution in [2.75, 3.05) is 18.4 Å². The maximum Gasteiger partial charge on any atom is 0.255 e. The van der Waals surface area contributed by atoms with E-state index in [-0.39, 0.29) is 11.8 Å². The monoisotopic (exact) mass is 301 g/mol. The fraction of sp³-hybridized carbons (Fsp3) is 0.529. The predicted molar refractivity (Wildman–Crippen MR) is 85.7 cm³/mol. The van der Waals surface area contributed by atoms with E-state index in [4.69, 9.17) is 0 Å². The summed E-state index contributed by atoms with van der Waals surface area (Å²) in [4.78, 5) is 26.3. The van der Waals surface area contributed by atoms with Crippen molar-refractivity contribution in [3.05, 3.63) is 29.3 Å². The molecule has 0 bridgehead atoms. The van der Waals surface area contributed by atoms with Crippen molar-refractivity contribution in [1.82, 2.24) is 10.2 Å². The van der Waals surface area contributed by atoms with Gasteiger partial charge in [-0.1, -0.05) is 18.6 Å². The lowest BCUT2D eigenvalue weighted by atomic mass is 9.91. The Kier molecular flexibility index (Phi) is 3.81. The molecule has 2 aliphatic heterocycles. The van der Waals surface area contributed by atoms with E-state index >= 15 is 0 Å². The first kappa shape index (κ1) is 14.9. The van der Waals surface area contributed by atoms with Gasteiger partial charge in [0.2, 0.25) is 5.91 Å². The molecule has 118 valence electrons. The van der Waals surface area contributed by atoms with E-state index in [1.54, 1.807) is 0 Å². The molecule has 5 heteroatoms. The molecular formula is C17H23N3O2. The van der Waals surface area contributed by atoms with E-state index in [9.17, 15) is 9.59 Å². The minimum Gasteiger partial charge on any atom is -0.362 e. The average molecular weight is 301 g/mol. The van der Waals surface area contributed by atoms with Crippen molar-refractivity contribution in [3.63, 3.8) is 0 Å². The van der Waals surface area contributed by atoms with Crippen molar-refractivity contribution in [2.45, 2.75) is 45.2 Å². The topological polar surface area (TPSA) is 61.4 Å². The number of rotatable bonds is 2. The highest BCUT2D eigenvalue weighted by Crippen LogP contribution is 2.31. The first-order valence-corrected chi connectivity index (χ1v) is 8.02. The first-order chi connectivity index (χ1) is 10.5. The highest BCUT2D eigenvalue weighted by molar-refractivity contribution is 6.02. The summed E-state index contributed by atoms with van der Waals surface area (Å²) < 4.78 is 0. The van der Waals surface area contributed by atoms with Crippen LogP contribution in [0, 0.1) is 6.92 Å². The van der Waals surface area contributed by atoms with Gasteiger partial charge in [-0.25, -0.2) is 0 Å². The number of hydrogen-bond donors (Lipinski definition) is 2. The third-order valence-electron chi connectivity index (χ3n) is 4.58. The molecular weight excluding hydrogens is 278 g/mol. The normalized spacial score (nSPS) is 19.4. The molecule has 0 unspecified atom stereocenters. The number of carbonyl (C=O) groups is 2. The summed E-state index contributed by atoms with van der Waals surface area (Å²) >= 11 is 0. The van der Waals surface area contributed by atoms with Gasteiger partial charge < -0.3 is 15.5 Å². The molecule has 1 fully saturated rings. The quantitative estimate of drug-likeness (QED) is 0.881. The first-order valence-electron chi connectivity index (χ1n) is 8.02. The van der Waals surface area contributed by atoms with Gasteiger partial charge in [0.15, 0.2) is 0 Å². The summed E-state index contributed by atoms with van der Waals surface area (Å²) in [6.45, 7) is 5.38. The summed E-state index contributed by atoms with van der Waals surface area (Å²) in [5.41, 5.74) is 2.26. The van der Waals surface area contributed by atoms with Crippen LogP contribution in [0.5, 0.6) is 0 Å². The Morgan fingerprint density at radius 2 is 2.00 bits per heavy atom. The van der Waals surface area contributed by atoms with E-state index in [0.717, 1.165) is 30.5 Å². The van der Waals surface area contributed by atoms with Gasteiger partial charge in [-0.05, 0) is 25.5 Å². The number of piperidine rings is 1. The summed E-state index contributed by atoms with van der Waals surface area (Å²) in [5.74, 6) is 0.196. The Labute approximate surface area is 131 Å². The summed E-state index contributed by atoms with van der Waals surface area (Å²) in [7, 11) is 0. The molecule has 1 spiro atoms. The lowest BCUT2D eigenvalue weighted by Crippen LogP contribution is -2.62. The van der Waals surface area contributed by atoms with Gasteiger partial charge in [0.05, 0.1) is 5.56 Å². The second-order valence-electron chi connectivity index (χ2n) is 6.34. The minimum absolute atomic E-state index is 0.0224. The van der Waals surface area contributed by atoms with Gasteiger partial charge in [-0.3, -0.25) is 9.59 Å². The van der Waals surface area contributed by atoms with Crippen molar-refractivity contribution >= 4 is 17.5 Å². The zero-order valence-electron chi connectivity index (χ0n) is 13.2. The number of amides is 2. The van der Waals surface area contributed by atoms with E-state index < -0.39 is 5.66 Å². The molecule has 1 aromatic rings. The van der Waals surface area contributed by atoms with Crippen LogP contribution in [0.2, 0.25) is 0 Å². The number of likely N-dealkylation sites (tertiary alicyclic amines) is 1. The molecule has 0 saturated carbocycles. The third kappa shape index (κ3) is 2.67. The smallest absolute Gasteiger partial charge is 0.255 e. The maximum atomic E-state index is 12.4. The summed E-state index contributed by atoms with van der Waals surface area (Å²) in [5, 5.41) is 6.61. The Morgan fingerprint density at radius 3 is 2.68 bits per heavy atom. The van der Waals surface area contributed by atoms with Gasteiger partial charge >= 0.3 is 0 Å². The standard InChI is InChI=1S/C17H23N3O2/c1-3-4-15(21)20-9-7-17(8-10-20)18-14-6-5-12(2)11-13(14)16(22)19-17/h5-6,11,18H,3-4,7-10H2,1-2H3,(H,19,22). The molecule has 22 heavy (non-hydrogen) atoms. The molecule has 2 amide bonds. The number of anilines is 1. The van der Waals surface area contributed by atoms with E-state index in [1.165, 1.54) is 0 Å². The largest absolute Gasteiger partial charge is 0.362 e. The number of aryl methyl sites for hydroxylation is 1. The van der Waals surface area contributed by atoms with E-state index in [1.807, 2.05) is 36.9 Å². The van der Waals surface area contributed by atoms with E-state index in [2.05, 4.69) is 10.6 Å². The van der Waals surface area contributed by atoms with Gasteiger partial charge in [0.25, 0.3) is 5.91 Å². The van der Waals surface area contributed by atoms with Crippen LogP contribution in [0.25, 0.3) is 0 Å². The lowest BCUT2D eigenvalue weighted by molar-refractivity contribution is -0.132. The molecule has 3 rings (SSSR count). The molecule has 1 aromatic carbocycles. The zero-order valence-corrected chi connectivity index (χ0v) is 13.2. The highest BCUT2D eigenvalue weighted by atomic mass is 16.2. The second kappa shape index (κ2) is 5.63. The summed E-state index contributed by atoms with van der Waals surface area (Å²) in [6, 6.07) is 5.89. The highest BCUT2D eigenvalue weighted by Gasteiger charge is 2.40. The molecule has 1 saturated heterocycles. The summed E-state index contributed by atoms with van der Waals surface area (Å²) in [6.07, 6.45) is 2.96. The van der Waals surface area contributed by atoms with Crippen molar-refractivity contribution in [3.8, 4) is 0 Å². The average Bonchev–Trinajstić information content (AvgIpc) is 2.49. The fourth-order valence-corrected chi connectivity index (χ4v) is 3.29. The Morgan fingerprint density at radius 1 is 1.27 bits per heavy atom. The number of nitrogens with zero attached hydrogens (tertiary/aromatic N) is 1. The maximum absolute atomic E-state index is 12.4. The number of benzene rings is 1. The molecule has 5 nitrogen and oxygen atoms in total. The number of hydrogen-bond acceptors (Lipinski definition) is 3. The number of nitrogens with one attached hydrogen (secondary N) is 2.